The van der Waals surface area contributed by atoms with Crippen molar-refractivity contribution in [1.82, 2.24) is 15.1 Å². The minimum atomic E-state index is -0.0680. The Bertz CT molecular complexity index is 938. The molecule has 0 bridgehead atoms. The number of hydrogen-bond acceptors (Lipinski definition) is 7. The summed E-state index contributed by atoms with van der Waals surface area (Å²) in [7, 11) is 1.48. The molecule has 0 N–H and O–H groups in total. The van der Waals surface area contributed by atoms with E-state index in [1.165, 1.54) is 51.6 Å². The maximum Gasteiger partial charge on any atom is 0.308 e. The summed E-state index contributed by atoms with van der Waals surface area (Å²) in [5.74, 6) is 1.31. The molecule has 34 heavy (non-hydrogen) atoms. The van der Waals surface area contributed by atoms with Crippen LogP contribution >= 0.6 is 11.3 Å². The zero-order valence-electron chi connectivity index (χ0n) is 20.6. The van der Waals surface area contributed by atoms with E-state index in [2.05, 4.69) is 51.2 Å². The van der Waals surface area contributed by atoms with Gasteiger partial charge in [-0.05, 0) is 81.5 Å². The second kappa shape index (κ2) is 10.7. The van der Waals surface area contributed by atoms with Crippen LogP contribution in [0.15, 0.2) is 24.3 Å². The lowest BCUT2D eigenvalue weighted by Crippen LogP contribution is -2.51. The summed E-state index contributed by atoms with van der Waals surface area (Å²) in [5.41, 5.74) is 2.46. The van der Waals surface area contributed by atoms with Gasteiger partial charge in [0.25, 0.3) is 0 Å². The van der Waals surface area contributed by atoms with Gasteiger partial charge in [-0.15, -0.1) is 10.2 Å². The number of piperazine rings is 1. The predicted octanol–water partition coefficient (Wildman–Crippen LogP) is 5.35. The van der Waals surface area contributed by atoms with Gasteiger partial charge in [-0.3, -0.25) is 9.69 Å². The molecule has 0 spiro atoms. The summed E-state index contributed by atoms with van der Waals surface area (Å²) in [6, 6.07) is 9.69. The first-order valence-electron chi connectivity index (χ1n) is 13.1. The molecule has 5 rings (SSSR count). The van der Waals surface area contributed by atoms with Gasteiger partial charge in [-0.2, -0.15) is 0 Å². The van der Waals surface area contributed by atoms with Crippen LogP contribution in [0.4, 0.5) is 5.69 Å². The lowest BCUT2D eigenvalue weighted by atomic mass is 9.82. The SMILES string of the molecule is COC(=O)C1CCC(c2nnc(-c3ccc(N4CCN(C5CCC(C)CC5)CC4)cc3)s2)CC1. The van der Waals surface area contributed by atoms with E-state index in [-0.39, 0.29) is 11.9 Å². The van der Waals surface area contributed by atoms with E-state index in [9.17, 15) is 4.79 Å². The molecule has 7 heteroatoms. The number of nitrogens with zero attached hydrogens (tertiary/aromatic N) is 4. The van der Waals surface area contributed by atoms with Crippen molar-refractivity contribution in [3.05, 3.63) is 29.3 Å². The first kappa shape index (κ1) is 23.7. The van der Waals surface area contributed by atoms with Crippen molar-refractivity contribution in [3.8, 4) is 10.6 Å². The van der Waals surface area contributed by atoms with Gasteiger partial charge in [0.2, 0.25) is 0 Å². The van der Waals surface area contributed by atoms with Crippen LogP contribution in [0.25, 0.3) is 10.6 Å². The highest BCUT2D eigenvalue weighted by Gasteiger charge is 2.30. The van der Waals surface area contributed by atoms with Gasteiger partial charge < -0.3 is 9.64 Å². The number of benzene rings is 1. The third kappa shape index (κ3) is 5.30. The van der Waals surface area contributed by atoms with Gasteiger partial charge >= 0.3 is 5.97 Å². The molecule has 0 radical (unpaired) electrons. The average Bonchev–Trinajstić information content (AvgIpc) is 3.39. The molecular weight excluding hydrogens is 444 g/mol. The monoisotopic (exact) mass is 482 g/mol. The molecular formula is C27H38N4O2S. The summed E-state index contributed by atoms with van der Waals surface area (Å²) >= 11 is 1.71. The number of aromatic nitrogens is 2. The minimum Gasteiger partial charge on any atom is -0.469 e. The van der Waals surface area contributed by atoms with Crippen molar-refractivity contribution >= 4 is 23.0 Å². The van der Waals surface area contributed by atoms with Gasteiger partial charge in [0.05, 0.1) is 13.0 Å². The molecule has 6 nitrogen and oxygen atoms in total. The smallest absolute Gasteiger partial charge is 0.308 e. The maximum atomic E-state index is 11.8. The molecule has 2 aliphatic carbocycles. The largest absolute Gasteiger partial charge is 0.469 e. The van der Waals surface area contributed by atoms with Crippen LogP contribution in [0.5, 0.6) is 0 Å². The topological polar surface area (TPSA) is 58.6 Å². The number of rotatable bonds is 5. The standard InChI is InChI=1S/C27H38N4O2S/c1-19-3-11-23(12-4-19)30-15-17-31(18-16-30)24-13-9-21(10-14-24)26-29-28-25(34-26)20-5-7-22(8-6-20)27(32)33-2/h9-10,13-14,19-20,22-23H,3-8,11-12,15-18H2,1-2H3. The van der Waals surface area contributed by atoms with Crippen molar-refractivity contribution in [2.24, 2.45) is 11.8 Å². The molecule has 2 heterocycles. The maximum absolute atomic E-state index is 11.8. The molecule has 184 valence electrons. The Labute approximate surface area is 207 Å². The van der Waals surface area contributed by atoms with Crippen molar-refractivity contribution in [3.63, 3.8) is 0 Å². The molecule has 3 fully saturated rings. The molecule has 0 unspecified atom stereocenters. The molecule has 1 aromatic heterocycles. The third-order valence-corrected chi connectivity index (χ3v) is 9.48. The molecule has 0 atom stereocenters. The highest BCUT2D eigenvalue weighted by atomic mass is 32.1. The Morgan fingerprint density at radius 2 is 1.59 bits per heavy atom. The summed E-state index contributed by atoms with van der Waals surface area (Å²) in [4.78, 5) is 17.0. The van der Waals surface area contributed by atoms with Gasteiger partial charge in [0.15, 0.2) is 0 Å². The van der Waals surface area contributed by atoms with Crippen molar-refractivity contribution in [2.75, 3.05) is 38.2 Å². The first-order chi connectivity index (χ1) is 16.6. The van der Waals surface area contributed by atoms with E-state index in [0.29, 0.717) is 5.92 Å². The number of hydrogen-bond donors (Lipinski definition) is 0. The molecule has 2 saturated carbocycles. The second-order valence-corrected chi connectivity index (χ2v) is 11.5. The van der Waals surface area contributed by atoms with E-state index >= 15 is 0 Å². The number of anilines is 1. The zero-order valence-corrected chi connectivity index (χ0v) is 21.4. The molecule has 2 aromatic rings. The Morgan fingerprint density at radius 1 is 0.912 bits per heavy atom. The Balaban J connectivity index is 1.14. The van der Waals surface area contributed by atoms with E-state index in [1.807, 2.05) is 0 Å². The van der Waals surface area contributed by atoms with E-state index in [1.54, 1.807) is 11.3 Å². The number of carbonyl (C=O) groups is 1. The molecule has 1 aliphatic heterocycles. The van der Waals surface area contributed by atoms with Crippen LogP contribution in [0.2, 0.25) is 0 Å². The molecule has 0 amide bonds. The zero-order chi connectivity index (χ0) is 23.5. The third-order valence-electron chi connectivity index (χ3n) is 8.35. The summed E-state index contributed by atoms with van der Waals surface area (Å²) in [6.07, 6.45) is 9.29. The Kier molecular flexibility index (Phi) is 7.49. The predicted molar refractivity (Wildman–Crippen MR) is 137 cm³/mol. The second-order valence-electron chi connectivity index (χ2n) is 10.5. The number of ether oxygens (including phenoxy) is 1. The summed E-state index contributed by atoms with van der Waals surface area (Å²) in [6.45, 7) is 6.99. The van der Waals surface area contributed by atoms with Crippen LogP contribution < -0.4 is 4.90 Å². The lowest BCUT2D eigenvalue weighted by Gasteiger charge is -2.42. The van der Waals surface area contributed by atoms with Gasteiger partial charge in [0.1, 0.15) is 10.0 Å². The molecule has 1 aromatic carbocycles. The van der Waals surface area contributed by atoms with Crippen LogP contribution in [-0.2, 0) is 9.53 Å². The Hall–Kier alpha value is -1.99. The van der Waals surface area contributed by atoms with Crippen LogP contribution in [0, 0.1) is 11.8 Å². The summed E-state index contributed by atoms with van der Waals surface area (Å²) in [5, 5.41) is 11.1. The quantitative estimate of drug-likeness (QED) is 0.535. The highest BCUT2D eigenvalue weighted by Crippen LogP contribution is 2.39. The van der Waals surface area contributed by atoms with Crippen LogP contribution in [0.3, 0.4) is 0 Å². The van der Waals surface area contributed by atoms with E-state index < -0.39 is 0 Å². The fourth-order valence-electron chi connectivity index (χ4n) is 6.03. The average molecular weight is 483 g/mol. The normalized spacial score (nSPS) is 28.6. The fraction of sp³-hybridized carbons (Fsp3) is 0.667. The first-order valence-corrected chi connectivity index (χ1v) is 13.9. The van der Waals surface area contributed by atoms with E-state index in [4.69, 9.17) is 4.74 Å². The van der Waals surface area contributed by atoms with Crippen molar-refractivity contribution < 1.29 is 9.53 Å². The number of esters is 1. The van der Waals surface area contributed by atoms with Crippen LogP contribution in [-0.4, -0.2) is 60.4 Å². The van der Waals surface area contributed by atoms with Gasteiger partial charge in [-0.1, -0.05) is 18.3 Å². The number of methoxy groups -OCH3 is 1. The van der Waals surface area contributed by atoms with Crippen molar-refractivity contribution in [2.45, 2.75) is 70.3 Å². The molecule has 3 aliphatic rings. The van der Waals surface area contributed by atoms with Gasteiger partial charge in [0, 0.05) is 49.4 Å². The van der Waals surface area contributed by atoms with Crippen molar-refractivity contribution in [1.29, 1.82) is 0 Å². The van der Waals surface area contributed by atoms with Gasteiger partial charge in [-0.25, -0.2) is 0 Å². The number of carbonyl (C=O) groups excluding carboxylic acids is 1. The fourth-order valence-corrected chi connectivity index (χ4v) is 7.04. The van der Waals surface area contributed by atoms with Crippen LogP contribution in [0.1, 0.15) is 69.2 Å². The minimum absolute atomic E-state index is 0.0504. The Morgan fingerprint density at radius 3 is 2.24 bits per heavy atom. The molecule has 1 saturated heterocycles. The summed E-state index contributed by atoms with van der Waals surface area (Å²) < 4.78 is 4.91. The highest BCUT2D eigenvalue weighted by molar-refractivity contribution is 7.14. The van der Waals surface area contributed by atoms with E-state index in [0.717, 1.165) is 66.3 Å². The lowest BCUT2D eigenvalue weighted by molar-refractivity contribution is -0.146.